The van der Waals surface area contributed by atoms with Gasteiger partial charge in [0.2, 0.25) is 0 Å². The van der Waals surface area contributed by atoms with E-state index in [1.165, 1.54) is 49.9 Å². The first-order valence-corrected chi connectivity index (χ1v) is 16.2. The molecule has 0 heterocycles. The van der Waals surface area contributed by atoms with Crippen molar-refractivity contribution < 1.29 is 76.5 Å². The number of alkyl halides is 12. The van der Waals surface area contributed by atoms with Crippen LogP contribution in [0, 0.1) is 11.8 Å². The summed E-state index contributed by atoms with van der Waals surface area (Å²) in [5.74, 6) is -32.8. The average molecular weight is 785 g/mol. The number of carbonyl (C=O) groups excluding carboxylic acids is 2. The average Bonchev–Trinajstić information content (AvgIpc) is 3.13. The summed E-state index contributed by atoms with van der Waals surface area (Å²) < 4.78 is 175. The maximum Gasteiger partial charge on any atom is 0.384 e. The highest BCUT2D eigenvalue weighted by atomic mass is 19.4. The first-order chi connectivity index (χ1) is 25.2. The summed E-state index contributed by atoms with van der Waals surface area (Å²) in [5.41, 5.74) is 0.580. The third-order valence-corrected chi connectivity index (χ3v) is 7.72. The summed E-state index contributed by atoms with van der Waals surface area (Å²) in [4.78, 5) is 24.6. The molecule has 0 saturated carbocycles. The maximum absolute atomic E-state index is 14.0. The van der Waals surface area contributed by atoms with Gasteiger partial charge in [0.05, 0.1) is 17.7 Å². The van der Waals surface area contributed by atoms with Crippen LogP contribution >= 0.6 is 0 Å². The van der Waals surface area contributed by atoms with E-state index in [9.17, 15) is 62.3 Å². The summed E-state index contributed by atoms with van der Waals surface area (Å²) in [5, 5.41) is 0. The maximum atomic E-state index is 14.0. The van der Waals surface area contributed by atoms with Crippen molar-refractivity contribution in [2.45, 2.75) is 81.5 Å². The van der Waals surface area contributed by atoms with E-state index in [1.807, 2.05) is 12.1 Å². The number of hydrogen-bond donors (Lipinski definition) is 0. The number of carbonyl (C=O) groups is 2. The molecular formula is C37H32F12O5. The number of hydrogen-bond acceptors (Lipinski definition) is 5. The van der Waals surface area contributed by atoms with Gasteiger partial charge in [-0.3, -0.25) is 0 Å². The molecule has 0 unspecified atom stereocenters. The van der Waals surface area contributed by atoms with Crippen molar-refractivity contribution in [3.05, 3.63) is 95.1 Å². The second-order valence-electron chi connectivity index (χ2n) is 11.8. The van der Waals surface area contributed by atoms with Crippen molar-refractivity contribution in [1.82, 2.24) is 0 Å². The Balaban J connectivity index is 1.53. The number of halogens is 12. The van der Waals surface area contributed by atoms with Gasteiger partial charge in [-0.25, -0.2) is 18.4 Å². The molecule has 3 rings (SSSR count). The van der Waals surface area contributed by atoms with Gasteiger partial charge in [-0.1, -0.05) is 50.9 Å². The molecule has 0 atom stereocenters. The van der Waals surface area contributed by atoms with Crippen molar-refractivity contribution in [3.8, 4) is 23.3 Å². The fourth-order valence-corrected chi connectivity index (χ4v) is 4.47. The Kier molecular flexibility index (Phi) is 14.5. The molecule has 0 aliphatic heterocycles. The van der Waals surface area contributed by atoms with Gasteiger partial charge in [-0.2, -0.15) is 43.9 Å². The quantitative estimate of drug-likeness (QED) is 0.0423. The molecule has 0 N–H and O–H groups in total. The normalized spacial score (nSPS) is 12.6. The molecule has 294 valence electrons. The summed E-state index contributed by atoms with van der Waals surface area (Å²) in [6.07, 6.45) is 1.27. The van der Waals surface area contributed by atoms with Crippen LogP contribution in [0.4, 0.5) is 52.7 Å². The Bertz CT molecular complexity index is 1750. The molecule has 0 saturated heterocycles. The van der Waals surface area contributed by atoms with Crippen LogP contribution in [0.5, 0.6) is 11.5 Å². The van der Waals surface area contributed by atoms with E-state index in [0.29, 0.717) is 17.7 Å². The van der Waals surface area contributed by atoms with E-state index in [2.05, 4.69) is 23.5 Å². The Morgan fingerprint density at radius 2 is 1.06 bits per heavy atom. The zero-order chi connectivity index (χ0) is 40.4. The van der Waals surface area contributed by atoms with Gasteiger partial charge in [-0.15, -0.1) is 0 Å². The topological polar surface area (TPSA) is 61.8 Å². The molecule has 0 fully saturated rings. The predicted octanol–water partition coefficient (Wildman–Crippen LogP) is 10.6. The zero-order valence-corrected chi connectivity index (χ0v) is 28.2. The zero-order valence-electron chi connectivity index (χ0n) is 28.2. The SMILES string of the molecule is CCCCCCCCOc1ccc(C#Cc2ccc(C(=O)Oc3ccc(C(=O)OCC(F)(F)C(F)(F)C(F)(F)C(F)(F)C(F)(F)C(F)F)cc3)cc2)cc1. The highest BCUT2D eigenvalue weighted by Crippen LogP contribution is 2.58. The highest BCUT2D eigenvalue weighted by molar-refractivity contribution is 5.92. The molecule has 0 bridgehead atoms. The van der Waals surface area contributed by atoms with Gasteiger partial charge in [0.25, 0.3) is 0 Å². The first kappa shape index (κ1) is 43.5. The van der Waals surface area contributed by atoms with Crippen LogP contribution in [-0.4, -0.2) is 61.2 Å². The molecule has 5 nitrogen and oxygen atoms in total. The van der Waals surface area contributed by atoms with E-state index in [1.54, 1.807) is 12.1 Å². The van der Waals surface area contributed by atoms with Crippen LogP contribution < -0.4 is 9.47 Å². The van der Waals surface area contributed by atoms with Crippen LogP contribution in [0.15, 0.2) is 72.8 Å². The molecule has 0 amide bonds. The summed E-state index contributed by atoms with van der Waals surface area (Å²) in [6, 6.07) is 16.4. The van der Waals surface area contributed by atoms with Crippen LogP contribution in [0.1, 0.15) is 77.3 Å². The third kappa shape index (κ3) is 10.2. The van der Waals surface area contributed by atoms with Crippen LogP contribution in [0.2, 0.25) is 0 Å². The van der Waals surface area contributed by atoms with Gasteiger partial charge in [0.15, 0.2) is 6.61 Å². The van der Waals surface area contributed by atoms with E-state index < -0.39 is 60.1 Å². The first-order valence-electron chi connectivity index (χ1n) is 16.2. The van der Waals surface area contributed by atoms with E-state index >= 15 is 0 Å². The number of rotatable bonds is 18. The number of benzene rings is 3. The molecule has 54 heavy (non-hydrogen) atoms. The summed E-state index contributed by atoms with van der Waals surface area (Å²) in [7, 11) is 0. The fourth-order valence-electron chi connectivity index (χ4n) is 4.47. The van der Waals surface area contributed by atoms with Crippen molar-refractivity contribution >= 4 is 11.9 Å². The molecule has 3 aromatic carbocycles. The molecular weight excluding hydrogens is 752 g/mol. The monoisotopic (exact) mass is 784 g/mol. The molecule has 17 heteroatoms. The molecule has 0 aliphatic carbocycles. The Morgan fingerprint density at radius 3 is 1.59 bits per heavy atom. The van der Waals surface area contributed by atoms with E-state index in [-0.39, 0.29) is 11.3 Å². The van der Waals surface area contributed by atoms with Crippen molar-refractivity contribution in [2.75, 3.05) is 13.2 Å². The largest absolute Gasteiger partial charge is 0.494 e. The number of esters is 2. The van der Waals surface area contributed by atoms with E-state index in [0.717, 1.165) is 42.9 Å². The van der Waals surface area contributed by atoms with Gasteiger partial charge >= 0.3 is 48.0 Å². The van der Waals surface area contributed by atoms with Gasteiger partial charge in [0, 0.05) is 11.1 Å². The molecule has 3 aromatic rings. The number of ether oxygens (including phenoxy) is 3. The minimum atomic E-state index is -7.75. The lowest BCUT2D eigenvalue weighted by molar-refractivity contribution is -0.414. The lowest BCUT2D eigenvalue weighted by atomic mass is 9.94. The molecule has 0 aliphatic rings. The Hall–Kier alpha value is -4.88. The Labute approximate surface area is 301 Å². The lowest BCUT2D eigenvalue weighted by Crippen LogP contribution is -2.69. The number of unbranched alkanes of at least 4 members (excludes halogenated alkanes) is 5. The molecule has 0 spiro atoms. The van der Waals surface area contributed by atoms with Crippen molar-refractivity contribution in [3.63, 3.8) is 0 Å². The second kappa shape index (κ2) is 18.0. The standard InChI is InChI=1S/C37H32F12O5/c1-2-3-4-5-6-7-22-52-28-18-12-25(13-19-28)9-8-24-10-14-27(15-11-24)31(51)54-29-20-16-26(17-21-29)30(50)53-23-33(40,41)35(44,45)37(48,49)36(46,47)34(42,43)32(38)39/h10-21,32H,2-7,22-23H2,1H3. The highest BCUT2D eigenvalue weighted by Gasteiger charge is 2.87. The van der Waals surface area contributed by atoms with Crippen LogP contribution in [-0.2, 0) is 4.74 Å². The minimum Gasteiger partial charge on any atom is -0.494 e. The van der Waals surface area contributed by atoms with Crippen LogP contribution in [0.3, 0.4) is 0 Å². The second-order valence-corrected chi connectivity index (χ2v) is 11.8. The fraction of sp³-hybridized carbons (Fsp3) is 0.405. The summed E-state index contributed by atoms with van der Waals surface area (Å²) in [6.45, 7) is -0.267. The lowest BCUT2D eigenvalue weighted by Gasteiger charge is -2.38. The van der Waals surface area contributed by atoms with Crippen molar-refractivity contribution in [1.29, 1.82) is 0 Å². The van der Waals surface area contributed by atoms with Gasteiger partial charge < -0.3 is 14.2 Å². The summed E-state index contributed by atoms with van der Waals surface area (Å²) >= 11 is 0. The third-order valence-electron chi connectivity index (χ3n) is 7.72. The smallest absolute Gasteiger partial charge is 0.384 e. The van der Waals surface area contributed by atoms with Crippen LogP contribution in [0.25, 0.3) is 0 Å². The predicted molar refractivity (Wildman–Crippen MR) is 170 cm³/mol. The van der Waals surface area contributed by atoms with Crippen molar-refractivity contribution in [2.24, 2.45) is 0 Å². The molecule has 0 aromatic heterocycles. The molecule has 0 radical (unpaired) electrons. The van der Waals surface area contributed by atoms with Gasteiger partial charge in [-0.05, 0) is 79.2 Å². The van der Waals surface area contributed by atoms with E-state index in [4.69, 9.17) is 9.47 Å². The minimum absolute atomic E-state index is 0.0488. The van der Waals surface area contributed by atoms with Gasteiger partial charge in [0.1, 0.15) is 11.5 Å². The Morgan fingerprint density at radius 1 is 0.593 bits per heavy atom.